The van der Waals surface area contributed by atoms with Crippen LogP contribution < -0.4 is 5.73 Å². The molecule has 4 rings (SSSR count). The predicted octanol–water partition coefficient (Wildman–Crippen LogP) is 4.24. The van der Waals surface area contributed by atoms with Crippen LogP contribution in [0.5, 0.6) is 0 Å². The molecule has 0 bridgehead atoms. The average Bonchev–Trinajstić information content (AvgIpc) is 3.44. The van der Waals surface area contributed by atoms with E-state index in [0.717, 1.165) is 18.4 Å². The van der Waals surface area contributed by atoms with Gasteiger partial charge >= 0.3 is 0 Å². The highest BCUT2D eigenvalue weighted by molar-refractivity contribution is 7.13. The molecule has 2 amide bonds. The molecule has 1 unspecified atom stereocenters. The Morgan fingerprint density at radius 3 is 2.71 bits per heavy atom. The number of rotatable bonds is 6. The maximum atomic E-state index is 12.7. The third-order valence-electron chi connectivity index (χ3n) is 6.44. The molecule has 2 N–H and O–H groups in total. The second-order valence-electron chi connectivity index (χ2n) is 8.42. The van der Waals surface area contributed by atoms with Crippen LogP contribution in [0.25, 0.3) is 10.4 Å². The fourth-order valence-corrected chi connectivity index (χ4v) is 5.50. The zero-order valence-electron chi connectivity index (χ0n) is 16.2. The van der Waals surface area contributed by atoms with E-state index in [1.54, 1.807) is 11.3 Å². The van der Waals surface area contributed by atoms with E-state index >= 15 is 0 Å². The van der Waals surface area contributed by atoms with Gasteiger partial charge in [-0.25, -0.2) is 0 Å². The maximum Gasteiger partial charge on any atom is 0.225 e. The minimum atomic E-state index is -0.653. The third kappa shape index (κ3) is 4.00. The lowest BCUT2D eigenvalue weighted by molar-refractivity contribution is -0.132. The van der Waals surface area contributed by atoms with Gasteiger partial charge in [0.1, 0.15) is 0 Å². The van der Waals surface area contributed by atoms with Gasteiger partial charge in [0.2, 0.25) is 11.8 Å². The highest BCUT2D eigenvalue weighted by atomic mass is 32.1. The van der Waals surface area contributed by atoms with E-state index in [9.17, 15) is 9.59 Å². The van der Waals surface area contributed by atoms with Gasteiger partial charge in [-0.05, 0) is 54.2 Å². The van der Waals surface area contributed by atoms with Gasteiger partial charge in [-0.15, -0.1) is 11.3 Å². The topological polar surface area (TPSA) is 63.4 Å². The van der Waals surface area contributed by atoms with Crippen molar-refractivity contribution >= 4 is 23.2 Å². The number of thiophene rings is 1. The first-order valence-corrected chi connectivity index (χ1v) is 11.1. The summed E-state index contributed by atoms with van der Waals surface area (Å²) in [5, 5.41) is 2.07. The van der Waals surface area contributed by atoms with Gasteiger partial charge in [0.15, 0.2) is 0 Å². The first-order chi connectivity index (χ1) is 13.6. The van der Waals surface area contributed by atoms with Crippen molar-refractivity contribution in [1.82, 2.24) is 4.90 Å². The SMILES string of the molecule is NC(=O)C1(Cc2cccc(-c3cccs3)c2)CCN(C(=O)CC2CCCC2)C1. The standard InChI is InChI=1S/C23H28N2O2S/c24-22(27)23(10-11-25(16-23)21(26)14-17-5-1-2-6-17)15-18-7-3-8-19(13-18)20-9-4-12-28-20/h3-4,7-9,12-13,17H,1-2,5-6,10-11,14-16H2,(H2,24,27). The van der Waals surface area contributed by atoms with E-state index in [1.807, 2.05) is 17.0 Å². The molecule has 1 aromatic heterocycles. The fourth-order valence-electron chi connectivity index (χ4n) is 4.78. The van der Waals surface area contributed by atoms with E-state index < -0.39 is 5.41 Å². The van der Waals surface area contributed by atoms with Crippen LogP contribution in [-0.2, 0) is 16.0 Å². The molecule has 1 saturated heterocycles. The van der Waals surface area contributed by atoms with Crippen molar-refractivity contribution in [3.8, 4) is 10.4 Å². The number of hydrogen-bond donors (Lipinski definition) is 1. The summed E-state index contributed by atoms with van der Waals surface area (Å²) in [4.78, 5) is 28.3. The summed E-state index contributed by atoms with van der Waals surface area (Å²) >= 11 is 1.71. The molecule has 2 aliphatic rings. The van der Waals surface area contributed by atoms with E-state index in [0.29, 0.717) is 38.3 Å². The van der Waals surface area contributed by atoms with Crippen molar-refractivity contribution in [1.29, 1.82) is 0 Å². The van der Waals surface area contributed by atoms with Crippen molar-refractivity contribution < 1.29 is 9.59 Å². The highest BCUT2D eigenvalue weighted by Gasteiger charge is 2.45. The van der Waals surface area contributed by atoms with Crippen LogP contribution in [0.4, 0.5) is 0 Å². The van der Waals surface area contributed by atoms with Crippen LogP contribution in [-0.4, -0.2) is 29.8 Å². The first-order valence-electron chi connectivity index (χ1n) is 10.3. The molecule has 0 radical (unpaired) electrons. The number of primary amides is 1. The Bertz CT molecular complexity index is 842. The second kappa shape index (κ2) is 8.08. The maximum absolute atomic E-state index is 12.7. The fraction of sp³-hybridized carbons (Fsp3) is 0.478. The molecular formula is C23H28N2O2S. The average molecular weight is 397 g/mol. The molecule has 4 nitrogen and oxygen atoms in total. The lowest BCUT2D eigenvalue weighted by Crippen LogP contribution is -2.42. The van der Waals surface area contributed by atoms with Crippen molar-refractivity contribution in [2.24, 2.45) is 17.1 Å². The molecule has 2 heterocycles. The Labute approximate surface area is 170 Å². The number of carbonyl (C=O) groups excluding carboxylic acids is 2. The Kier molecular flexibility index (Phi) is 5.54. The molecule has 1 aromatic carbocycles. The Morgan fingerprint density at radius 1 is 1.18 bits per heavy atom. The Balaban J connectivity index is 1.47. The predicted molar refractivity (Wildman–Crippen MR) is 113 cm³/mol. The zero-order valence-corrected chi connectivity index (χ0v) is 17.0. The second-order valence-corrected chi connectivity index (χ2v) is 9.37. The van der Waals surface area contributed by atoms with Gasteiger partial charge in [-0.2, -0.15) is 0 Å². The van der Waals surface area contributed by atoms with Gasteiger partial charge < -0.3 is 10.6 Å². The van der Waals surface area contributed by atoms with Crippen LogP contribution in [0.1, 0.15) is 44.1 Å². The van der Waals surface area contributed by atoms with E-state index in [2.05, 4.69) is 29.6 Å². The van der Waals surface area contributed by atoms with E-state index in [1.165, 1.54) is 23.3 Å². The molecule has 28 heavy (non-hydrogen) atoms. The minimum absolute atomic E-state index is 0.197. The van der Waals surface area contributed by atoms with Crippen LogP contribution in [0.3, 0.4) is 0 Å². The number of carbonyl (C=O) groups is 2. The number of hydrogen-bond acceptors (Lipinski definition) is 3. The lowest BCUT2D eigenvalue weighted by atomic mass is 9.80. The van der Waals surface area contributed by atoms with Gasteiger partial charge in [-0.3, -0.25) is 9.59 Å². The number of likely N-dealkylation sites (tertiary alicyclic amines) is 1. The number of nitrogens with zero attached hydrogens (tertiary/aromatic N) is 1. The molecular weight excluding hydrogens is 368 g/mol. The monoisotopic (exact) mass is 396 g/mol. The lowest BCUT2D eigenvalue weighted by Gasteiger charge is -2.26. The van der Waals surface area contributed by atoms with Crippen LogP contribution in [0, 0.1) is 11.3 Å². The number of nitrogens with two attached hydrogens (primary N) is 1. The summed E-state index contributed by atoms with van der Waals surface area (Å²) in [5.41, 5.74) is 7.48. The molecule has 2 aromatic rings. The van der Waals surface area contributed by atoms with Crippen molar-refractivity contribution in [3.05, 3.63) is 47.3 Å². The smallest absolute Gasteiger partial charge is 0.225 e. The largest absolute Gasteiger partial charge is 0.369 e. The molecule has 1 saturated carbocycles. The van der Waals surface area contributed by atoms with Gasteiger partial charge in [0.05, 0.1) is 5.41 Å². The number of amides is 2. The zero-order chi connectivity index (χ0) is 19.6. The Hall–Kier alpha value is -2.14. The van der Waals surface area contributed by atoms with Gasteiger partial charge in [0.25, 0.3) is 0 Å². The summed E-state index contributed by atoms with van der Waals surface area (Å²) < 4.78 is 0. The van der Waals surface area contributed by atoms with Crippen molar-refractivity contribution in [2.75, 3.05) is 13.1 Å². The molecule has 1 aliphatic heterocycles. The Morgan fingerprint density at radius 2 is 2.00 bits per heavy atom. The van der Waals surface area contributed by atoms with Crippen LogP contribution >= 0.6 is 11.3 Å². The normalized spacial score (nSPS) is 22.6. The van der Waals surface area contributed by atoms with Crippen molar-refractivity contribution in [3.63, 3.8) is 0 Å². The van der Waals surface area contributed by atoms with E-state index in [4.69, 9.17) is 5.73 Å². The molecule has 2 fully saturated rings. The van der Waals surface area contributed by atoms with Gasteiger partial charge in [-0.1, -0.05) is 43.2 Å². The molecule has 5 heteroatoms. The van der Waals surface area contributed by atoms with Gasteiger partial charge in [0, 0.05) is 24.4 Å². The molecule has 1 atom stereocenters. The highest BCUT2D eigenvalue weighted by Crippen LogP contribution is 2.37. The summed E-state index contributed by atoms with van der Waals surface area (Å²) in [6.45, 7) is 1.09. The number of benzene rings is 1. The van der Waals surface area contributed by atoms with E-state index in [-0.39, 0.29) is 11.8 Å². The minimum Gasteiger partial charge on any atom is -0.369 e. The summed E-state index contributed by atoms with van der Waals surface area (Å²) in [6, 6.07) is 12.5. The van der Waals surface area contributed by atoms with Crippen LogP contribution in [0.15, 0.2) is 41.8 Å². The quantitative estimate of drug-likeness (QED) is 0.794. The summed E-state index contributed by atoms with van der Waals surface area (Å²) in [6.07, 6.45) is 6.68. The van der Waals surface area contributed by atoms with Crippen molar-refractivity contribution in [2.45, 2.75) is 44.9 Å². The molecule has 1 aliphatic carbocycles. The third-order valence-corrected chi connectivity index (χ3v) is 7.36. The summed E-state index contributed by atoms with van der Waals surface area (Å²) in [5.74, 6) is 0.436. The molecule has 148 valence electrons. The first kappa shape index (κ1) is 19.2. The summed E-state index contributed by atoms with van der Waals surface area (Å²) in [7, 11) is 0. The molecule has 0 spiro atoms. The van der Waals surface area contributed by atoms with Crippen LogP contribution in [0.2, 0.25) is 0 Å².